The van der Waals surface area contributed by atoms with Gasteiger partial charge in [0.2, 0.25) is 0 Å². The minimum Gasteiger partial charge on any atom is -0.507 e. The number of aromatic nitrogens is 2. The molecule has 0 saturated carbocycles. The van der Waals surface area contributed by atoms with Gasteiger partial charge in [0, 0.05) is 11.1 Å². The quantitative estimate of drug-likeness (QED) is 0.506. The molecular formula is C15H12N4O2. The lowest BCUT2D eigenvalue weighted by molar-refractivity contribution is 0.0955. The fraction of sp³-hybridized carbons (Fsp3) is 0. The van der Waals surface area contributed by atoms with Crippen LogP contribution in [0.1, 0.15) is 15.9 Å². The highest BCUT2D eigenvalue weighted by Gasteiger charge is 2.06. The first kappa shape index (κ1) is 12.9. The van der Waals surface area contributed by atoms with Gasteiger partial charge in [0.05, 0.1) is 23.6 Å². The molecule has 0 aliphatic carbocycles. The van der Waals surface area contributed by atoms with E-state index in [9.17, 15) is 9.90 Å². The Hall–Kier alpha value is -3.15. The number of rotatable bonds is 3. The average molecular weight is 280 g/mol. The van der Waals surface area contributed by atoms with Crippen LogP contribution in [0.25, 0.3) is 11.0 Å². The van der Waals surface area contributed by atoms with Crippen molar-refractivity contribution in [1.29, 1.82) is 0 Å². The molecule has 1 amide bonds. The third-order valence-corrected chi connectivity index (χ3v) is 2.99. The SMILES string of the molecule is O=C(N/N=C/c1ccccc1O)c1ccc2nc[nH]c2c1. The van der Waals surface area contributed by atoms with Gasteiger partial charge < -0.3 is 10.1 Å². The van der Waals surface area contributed by atoms with Crippen LogP contribution >= 0.6 is 0 Å². The van der Waals surface area contributed by atoms with E-state index in [1.54, 1.807) is 48.8 Å². The molecule has 0 saturated heterocycles. The Kier molecular flexibility index (Phi) is 3.34. The smallest absolute Gasteiger partial charge is 0.271 e. The van der Waals surface area contributed by atoms with Crippen molar-refractivity contribution in [2.45, 2.75) is 0 Å². The monoisotopic (exact) mass is 280 g/mol. The number of nitrogens with zero attached hydrogens (tertiary/aromatic N) is 2. The van der Waals surface area contributed by atoms with Crippen LogP contribution < -0.4 is 5.43 Å². The number of hydrazone groups is 1. The summed E-state index contributed by atoms with van der Waals surface area (Å²) in [5, 5.41) is 13.4. The van der Waals surface area contributed by atoms with Crippen molar-refractivity contribution in [2.75, 3.05) is 0 Å². The number of para-hydroxylation sites is 1. The van der Waals surface area contributed by atoms with Gasteiger partial charge in [-0.2, -0.15) is 5.10 Å². The highest BCUT2D eigenvalue weighted by molar-refractivity contribution is 5.97. The third kappa shape index (κ3) is 2.74. The fourth-order valence-electron chi connectivity index (χ4n) is 1.90. The lowest BCUT2D eigenvalue weighted by Crippen LogP contribution is -2.17. The molecule has 0 spiro atoms. The van der Waals surface area contributed by atoms with Crippen molar-refractivity contribution in [1.82, 2.24) is 15.4 Å². The Morgan fingerprint density at radius 2 is 2.14 bits per heavy atom. The number of phenolic OH excluding ortho intramolecular Hbond substituents is 1. The van der Waals surface area contributed by atoms with Gasteiger partial charge in [0.15, 0.2) is 0 Å². The topological polar surface area (TPSA) is 90.4 Å². The summed E-state index contributed by atoms with van der Waals surface area (Å²) in [6, 6.07) is 11.9. The minimum atomic E-state index is -0.335. The van der Waals surface area contributed by atoms with E-state index in [2.05, 4.69) is 20.5 Å². The molecule has 0 atom stereocenters. The van der Waals surface area contributed by atoms with Crippen LogP contribution in [0.3, 0.4) is 0 Å². The summed E-state index contributed by atoms with van der Waals surface area (Å²) in [6.45, 7) is 0. The van der Waals surface area contributed by atoms with Gasteiger partial charge in [-0.05, 0) is 30.3 Å². The molecule has 0 unspecified atom stereocenters. The van der Waals surface area contributed by atoms with E-state index in [-0.39, 0.29) is 11.7 Å². The number of nitrogens with one attached hydrogen (secondary N) is 2. The molecule has 6 heteroatoms. The fourth-order valence-corrected chi connectivity index (χ4v) is 1.90. The minimum absolute atomic E-state index is 0.106. The maximum Gasteiger partial charge on any atom is 0.271 e. The number of amides is 1. The Labute approximate surface area is 120 Å². The molecule has 104 valence electrons. The van der Waals surface area contributed by atoms with E-state index in [1.165, 1.54) is 6.21 Å². The highest BCUT2D eigenvalue weighted by atomic mass is 16.3. The number of benzene rings is 2. The third-order valence-electron chi connectivity index (χ3n) is 2.99. The first-order valence-corrected chi connectivity index (χ1v) is 6.28. The van der Waals surface area contributed by atoms with Crippen molar-refractivity contribution in [3.05, 3.63) is 59.9 Å². The standard InChI is InChI=1S/C15H12N4O2/c20-14-4-2-1-3-11(14)8-18-19-15(21)10-5-6-12-13(7-10)17-9-16-12/h1-9,20H,(H,16,17)(H,19,21)/b18-8+. The Bertz CT molecular complexity index is 823. The molecule has 3 aromatic rings. The molecule has 0 radical (unpaired) electrons. The summed E-state index contributed by atoms with van der Waals surface area (Å²) in [6.07, 6.45) is 2.96. The number of carbonyl (C=O) groups excluding carboxylic acids is 1. The Balaban J connectivity index is 1.73. The van der Waals surface area contributed by atoms with Crippen LogP contribution in [-0.2, 0) is 0 Å². The summed E-state index contributed by atoms with van der Waals surface area (Å²) in [5.41, 5.74) is 5.00. The molecule has 1 heterocycles. The molecule has 0 bridgehead atoms. The second-order valence-electron chi connectivity index (χ2n) is 4.39. The maximum atomic E-state index is 12.0. The number of aromatic hydroxyl groups is 1. The second kappa shape index (κ2) is 5.46. The number of hydrogen-bond donors (Lipinski definition) is 3. The first-order valence-electron chi connectivity index (χ1n) is 6.28. The molecule has 1 aromatic heterocycles. The van der Waals surface area contributed by atoms with E-state index in [0.717, 1.165) is 11.0 Å². The van der Waals surface area contributed by atoms with E-state index in [1.807, 2.05) is 0 Å². The maximum absolute atomic E-state index is 12.0. The van der Waals surface area contributed by atoms with Crippen molar-refractivity contribution < 1.29 is 9.90 Å². The predicted molar refractivity (Wildman–Crippen MR) is 79.3 cm³/mol. The molecule has 2 aromatic carbocycles. The van der Waals surface area contributed by atoms with Crippen LogP contribution in [-0.4, -0.2) is 27.2 Å². The van der Waals surface area contributed by atoms with Crippen LogP contribution in [0, 0.1) is 0 Å². The van der Waals surface area contributed by atoms with Gasteiger partial charge in [-0.1, -0.05) is 12.1 Å². The normalized spacial score (nSPS) is 11.0. The zero-order valence-corrected chi connectivity index (χ0v) is 10.9. The lowest BCUT2D eigenvalue weighted by Gasteiger charge is -2.00. The van der Waals surface area contributed by atoms with Crippen molar-refractivity contribution >= 4 is 23.2 Å². The summed E-state index contributed by atoms with van der Waals surface area (Å²) < 4.78 is 0. The molecular weight excluding hydrogens is 268 g/mol. The van der Waals surface area contributed by atoms with E-state index < -0.39 is 0 Å². The van der Waals surface area contributed by atoms with Gasteiger partial charge >= 0.3 is 0 Å². The van der Waals surface area contributed by atoms with Gasteiger partial charge in [0.25, 0.3) is 5.91 Å². The highest BCUT2D eigenvalue weighted by Crippen LogP contribution is 2.13. The van der Waals surface area contributed by atoms with E-state index >= 15 is 0 Å². The van der Waals surface area contributed by atoms with Crippen LogP contribution in [0.15, 0.2) is 53.9 Å². The largest absolute Gasteiger partial charge is 0.507 e. The second-order valence-corrected chi connectivity index (χ2v) is 4.39. The van der Waals surface area contributed by atoms with E-state index in [4.69, 9.17) is 0 Å². The lowest BCUT2D eigenvalue weighted by atomic mass is 10.2. The molecule has 3 rings (SSSR count). The number of hydrogen-bond acceptors (Lipinski definition) is 4. The molecule has 0 aliphatic heterocycles. The number of fused-ring (bicyclic) bond motifs is 1. The van der Waals surface area contributed by atoms with E-state index in [0.29, 0.717) is 11.1 Å². The molecule has 21 heavy (non-hydrogen) atoms. The molecule has 6 nitrogen and oxygen atoms in total. The summed E-state index contributed by atoms with van der Waals surface area (Å²) in [4.78, 5) is 19.0. The summed E-state index contributed by atoms with van der Waals surface area (Å²) in [5.74, 6) is -0.229. The van der Waals surface area contributed by atoms with Crippen LogP contribution in [0.5, 0.6) is 5.75 Å². The van der Waals surface area contributed by atoms with Gasteiger partial charge in [-0.15, -0.1) is 0 Å². The van der Waals surface area contributed by atoms with Crippen molar-refractivity contribution in [3.63, 3.8) is 0 Å². The Morgan fingerprint density at radius 1 is 1.29 bits per heavy atom. The van der Waals surface area contributed by atoms with Crippen molar-refractivity contribution in [2.24, 2.45) is 5.10 Å². The number of H-pyrrole nitrogens is 1. The summed E-state index contributed by atoms with van der Waals surface area (Å²) >= 11 is 0. The van der Waals surface area contributed by atoms with Gasteiger partial charge in [0.1, 0.15) is 5.75 Å². The molecule has 3 N–H and O–H groups in total. The zero-order chi connectivity index (χ0) is 14.7. The molecule has 0 fully saturated rings. The zero-order valence-electron chi connectivity index (χ0n) is 10.9. The van der Waals surface area contributed by atoms with Crippen molar-refractivity contribution in [3.8, 4) is 5.75 Å². The van der Waals surface area contributed by atoms with Crippen LogP contribution in [0.4, 0.5) is 0 Å². The summed E-state index contributed by atoms with van der Waals surface area (Å²) in [7, 11) is 0. The average Bonchev–Trinajstić information content (AvgIpc) is 2.96. The predicted octanol–water partition coefficient (Wildman–Crippen LogP) is 2.03. The van der Waals surface area contributed by atoms with Gasteiger partial charge in [-0.25, -0.2) is 10.4 Å². The molecule has 0 aliphatic rings. The van der Waals surface area contributed by atoms with Crippen LogP contribution in [0.2, 0.25) is 0 Å². The number of imidazole rings is 1. The number of carbonyl (C=O) groups is 1. The first-order chi connectivity index (χ1) is 10.2. The van der Waals surface area contributed by atoms with Gasteiger partial charge in [-0.3, -0.25) is 4.79 Å². The Morgan fingerprint density at radius 3 is 3.00 bits per heavy atom. The number of aromatic amines is 1. The number of phenols is 1.